The molecule has 1 aliphatic rings. The van der Waals surface area contributed by atoms with Crippen LogP contribution < -0.4 is 4.74 Å². The molecule has 1 aliphatic carbocycles. The van der Waals surface area contributed by atoms with Crippen LogP contribution in [0.25, 0.3) is 11.1 Å². The first-order chi connectivity index (χ1) is 18.4. The van der Waals surface area contributed by atoms with Gasteiger partial charge in [0.05, 0.1) is 23.4 Å². The highest BCUT2D eigenvalue weighted by molar-refractivity contribution is 5.95. The van der Waals surface area contributed by atoms with Crippen molar-refractivity contribution in [3.63, 3.8) is 0 Å². The van der Waals surface area contributed by atoms with E-state index in [1.54, 1.807) is 0 Å². The van der Waals surface area contributed by atoms with Gasteiger partial charge in [-0.3, -0.25) is 0 Å². The molecule has 206 valence electrons. The number of benzene rings is 2. The van der Waals surface area contributed by atoms with E-state index in [0.29, 0.717) is 23.6 Å². The molecule has 1 heterocycles. The first-order valence-corrected chi connectivity index (χ1v) is 11.9. The van der Waals surface area contributed by atoms with Crippen molar-refractivity contribution in [2.45, 2.75) is 45.1 Å². The Morgan fingerprint density at radius 2 is 1.54 bits per heavy atom. The molecule has 0 spiro atoms. The van der Waals surface area contributed by atoms with Crippen LogP contribution in [0.2, 0.25) is 0 Å². The summed E-state index contributed by atoms with van der Waals surface area (Å²) >= 11 is 0. The number of rotatable bonds is 7. The van der Waals surface area contributed by atoms with Crippen LogP contribution in [0, 0.1) is 5.82 Å². The Labute approximate surface area is 219 Å². The number of hydrogen-bond acceptors (Lipinski definition) is 4. The molecule has 0 N–H and O–H groups in total. The number of alkyl halides is 6. The monoisotopic (exact) mass is 553 g/mol. The van der Waals surface area contributed by atoms with Gasteiger partial charge in [0, 0.05) is 5.56 Å². The first kappa shape index (κ1) is 28.1. The van der Waals surface area contributed by atoms with Gasteiger partial charge >= 0.3 is 18.3 Å². The van der Waals surface area contributed by atoms with E-state index in [9.17, 15) is 35.5 Å². The van der Waals surface area contributed by atoms with Crippen LogP contribution in [-0.4, -0.2) is 17.6 Å². The van der Waals surface area contributed by atoms with E-state index >= 15 is 0 Å². The minimum absolute atomic E-state index is 0.0522. The molecule has 0 aliphatic heterocycles. The predicted molar refractivity (Wildman–Crippen MR) is 128 cm³/mol. The van der Waals surface area contributed by atoms with Crippen LogP contribution >= 0.6 is 0 Å². The van der Waals surface area contributed by atoms with E-state index in [4.69, 9.17) is 9.47 Å². The topological polar surface area (TPSA) is 48.4 Å². The van der Waals surface area contributed by atoms with Crippen LogP contribution in [0.3, 0.4) is 0 Å². The summed E-state index contributed by atoms with van der Waals surface area (Å²) in [4.78, 5) is 16.4. The quantitative estimate of drug-likeness (QED) is 0.219. The van der Waals surface area contributed by atoms with Gasteiger partial charge in [-0.2, -0.15) is 26.3 Å². The van der Waals surface area contributed by atoms with Crippen LogP contribution in [0.1, 0.15) is 64.6 Å². The zero-order chi connectivity index (χ0) is 28.4. The lowest BCUT2D eigenvalue weighted by Gasteiger charge is -2.18. The van der Waals surface area contributed by atoms with Gasteiger partial charge in [0.2, 0.25) is 0 Å². The lowest BCUT2D eigenvalue weighted by atomic mass is 9.96. The van der Waals surface area contributed by atoms with Crippen LogP contribution in [0.4, 0.5) is 30.7 Å². The fourth-order valence-corrected chi connectivity index (χ4v) is 4.29. The predicted octanol–water partition coefficient (Wildman–Crippen LogP) is 8.11. The minimum atomic E-state index is -4.81. The van der Waals surface area contributed by atoms with E-state index in [2.05, 4.69) is 4.98 Å². The summed E-state index contributed by atoms with van der Waals surface area (Å²) in [5.74, 6) is -1.45. The Morgan fingerprint density at radius 3 is 2.18 bits per heavy atom. The molecule has 0 atom stereocenters. The molecular formula is C28H22F7NO3. The number of carbonyl (C=O) groups is 1. The first-order valence-electron chi connectivity index (χ1n) is 11.9. The van der Waals surface area contributed by atoms with E-state index in [1.165, 1.54) is 31.2 Å². The normalized spacial score (nSPS) is 14.1. The third kappa shape index (κ3) is 6.58. The van der Waals surface area contributed by atoms with Crippen LogP contribution in [0.5, 0.6) is 5.75 Å². The van der Waals surface area contributed by atoms with E-state index in [0.717, 1.165) is 24.3 Å². The minimum Gasteiger partial charge on any atom is -0.488 e. The maximum atomic E-state index is 13.7. The third-order valence-corrected chi connectivity index (χ3v) is 6.10. The lowest BCUT2D eigenvalue weighted by molar-refractivity contribution is -0.138. The number of pyridine rings is 1. The fourth-order valence-electron chi connectivity index (χ4n) is 4.29. The molecule has 39 heavy (non-hydrogen) atoms. The molecule has 0 unspecified atom stereocenters. The van der Waals surface area contributed by atoms with Crippen LogP contribution in [-0.2, 0) is 23.7 Å². The van der Waals surface area contributed by atoms with Gasteiger partial charge in [-0.1, -0.05) is 12.1 Å². The van der Waals surface area contributed by atoms with Crippen molar-refractivity contribution >= 4 is 17.1 Å². The van der Waals surface area contributed by atoms with Crippen molar-refractivity contribution in [3.8, 4) is 5.75 Å². The van der Waals surface area contributed by atoms with Crippen molar-refractivity contribution in [1.29, 1.82) is 0 Å². The second-order valence-corrected chi connectivity index (χ2v) is 8.78. The van der Waals surface area contributed by atoms with E-state index < -0.39 is 41.0 Å². The number of aromatic nitrogens is 1. The maximum Gasteiger partial charge on any atom is 0.416 e. The Kier molecular flexibility index (Phi) is 7.99. The van der Waals surface area contributed by atoms with E-state index in [-0.39, 0.29) is 48.6 Å². The fraction of sp³-hybridized carbons (Fsp3) is 0.286. The largest absolute Gasteiger partial charge is 0.488 e. The van der Waals surface area contributed by atoms with Crippen LogP contribution in [0.15, 0.2) is 54.6 Å². The van der Waals surface area contributed by atoms with Crippen molar-refractivity contribution in [2.24, 2.45) is 0 Å². The highest BCUT2D eigenvalue weighted by Crippen LogP contribution is 2.45. The molecule has 0 saturated carbocycles. The van der Waals surface area contributed by atoms with Crippen molar-refractivity contribution in [2.75, 3.05) is 6.61 Å². The molecular weight excluding hydrogens is 531 g/mol. The zero-order valence-corrected chi connectivity index (χ0v) is 20.5. The Hall–Kier alpha value is -3.89. The summed E-state index contributed by atoms with van der Waals surface area (Å²) < 4.78 is 106. The van der Waals surface area contributed by atoms with Gasteiger partial charge < -0.3 is 9.47 Å². The van der Waals surface area contributed by atoms with Crippen molar-refractivity contribution in [1.82, 2.24) is 4.98 Å². The Balaban J connectivity index is 1.84. The second kappa shape index (κ2) is 11.1. The molecule has 1 aromatic heterocycles. The summed E-state index contributed by atoms with van der Waals surface area (Å²) in [7, 11) is 0. The highest BCUT2D eigenvalue weighted by Gasteiger charge is 2.35. The van der Waals surface area contributed by atoms with Gasteiger partial charge in [0.15, 0.2) is 0 Å². The highest BCUT2D eigenvalue weighted by atomic mass is 19.4. The third-order valence-electron chi connectivity index (χ3n) is 6.10. The SMILES string of the molecule is CCOC(=O)c1cc(C(F)(F)F)cc(C2=C(c3cc(C(F)(F)F)ccc3OCc3ccc(F)cc3)CCC2)n1. The molecule has 0 saturated heterocycles. The number of allylic oxidation sites excluding steroid dienone is 2. The molecule has 4 nitrogen and oxygen atoms in total. The molecule has 0 amide bonds. The van der Waals surface area contributed by atoms with Crippen molar-refractivity contribution in [3.05, 3.63) is 94.1 Å². The summed E-state index contributed by atoms with van der Waals surface area (Å²) in [5.41, 5.74) is -1.62. The smallest absolute Gasteiger partial charge is 0.416 e. The molecule has 0 fully saturated rings. The van der Waals surface area contributed by atoms with Gasteiger partial charge in [0.25, 0.3) is 0 Å². The summed E-state index contributed by atoms with van der Waals surface area (Å²) in [6, 6.07) is 9.59. The number of hydrogen-bond donors (Lipinski definition) is 0. The average molecular weight is 553 g/mol. The molecule has 0 bridgehead atoms. The zero-order valence-electron chi connectivity index (χ0n) is 20.5. The van der Waals surface area contributed by atoms with Gasteiger partial charge in [0.1, 0.15) is 23.9 Å². The molecule has 3 aromatic rings. The van der Waals surface area contributed by atoms with Gasteiger partial charge in [-0.05, 0) is 85.4 Å². The number of esters is 1. The molecule has 11 heteroatoms. The summed E-state index contributed by atoms with van der Waals surface area (Å²) in [5, 5.41) is 0. The van der Waals surface area contributed by atoms with E-state index in [1.807, 2.05) is 0 Å². The van der Waals surface area contributed by atoms with Gasteiger partial charge in [-0.15, -0.1) is 0 Å². The second-order valence-electron chi connectivity index (χ2n) is 8.78. The molecule has 4 rings (SSSR count). The Morgan fingerprint density at radius 1 is 0.872 bits per heavy atom. The number of halogens is 7. The number of carbonyl (C=O) groups excluding carboxylic acids is 1. The molecule has 0 radical (unpaired) electrons. The number of ether oxygens (including phenoxy) is 2. The van der Waals surface area contributed by atoms with Gasteiger partial charge in [-0.25, -0.2) is 14.2 Å². The lowest BCUT2D eigenvalue weighted by Crippen LogP contribution is -2.13. The van der Waals surface area contributed by atoms with Crippen molar-refractivity contribution < 1.29 is 45.0 Å². The summed E-state index contributed by atoms with van der Waals surface area (Å²) in [6.07, 6.45) is -8.59. The maximum absolute atomic E-state index is 13.7. The summed E-state index contributed by atoms with van der Waals surface area (Å²) in [6.45, 7) is 1.32. The average Bonchev–Trinajstić information content (AvgIpc) is 3.37. The Bertz CT molecular complexity index is 1390. The standard InChI is InChI=1S/C28H22F7NO3/c1-2-38-26(37)24-14-18(28(33,34)35)13-23(36-24)21-5-3-4-20(21)22-12-17(27(30,31)32)8-11-25(22)39-15-16-6-9-19(29)10-7-16/h6-14H,2-5,15H2,1H3. The number of nitrogens with zero attached hydrogens (tertiary/aromatic N) is 1. The molecule has 2 aromatic carbocycles.